The minimum Gasteiger partial charge on any atom is -0.363 e. The lowest BCUT2D eigenvalue weighted by atomic mass is 10.2. The number of nitrogens with zero attached hydrogens (tertiary/aromatic N) is 4. The first-order chi connectivity index (χ1) is 14.7. The lowest BCUT2D eigenvalue weighted by molar-refractivity contribution is 0.0990. The summed E-state index contributed by atoms with van der Waals surface area (Å²) in [5.74, 6) is -0.750. The van der Waals surface area contributed by atoms with Crippen molar-refractivity contribution in [3.05, 3.63) is 71.7 Å². The second-order valence-corrected chi connectivity index (χ2v) is 8.37. The van der Waals surface area contributed by atoms with Gasteiger partial charge in [0, 0.05) is 17.6 Å². The summed E-state index contributed by atoms with van der Waals surface area (Å²) in [5, 5.41) is 8.84. The molecule has 0 spiro atoms. The molecule has 0 bridgehead atoms. The molecule has 1 amide bonds. The van der Waals surface area contributed by atoms with Crippen molar-refractivity contribution in [3.63, 3.8) is 0 Å². The Morgan fingerprint density at radius 1 is 1.06 bits per heavy atom. The summed E-state index contributed by atoms with van der Waals surface area (Å²) in [6.07, 6.45) is 0. The van der Waals surface area contributed by atoms with Gasteiger partial charge in [-0.3, -0.25) is 9.36 Å². The minimum absolute atomic E-state index is 0.0153. The molecule has 4 rings (SSSR count). The molecule has 0 unspecified atom stereocenters. The van der Waals surface area contributed by atoms with E-state index in [9.17, 15) is 13.2 Å². The van der Waals surface area contributed by atoms with Crippen molar-refractivity contribution in [2.24, 2.45) is 10.9 Å². The molecule has 10 nitrogen and oxygen atoms in total. The quantitative estimate of drug-likeness (QED) is 0.412. The van der Waals surface area contributed by atoms with Gasteiger partial charge in [0.25, 0.3) is 5.91 Å². The average molecular weight is 437 g/mol. The summed E-state index contributed by atoms with van der Waals surface area (Å²) in [4.78, 5) is 24.5. The van der Waals surface area contributed by atoms with Gasteiger partial charge in [0.05, 0.1) is 10.4 Å². The third-order valence-electron chi connectivity index (χ3n) is 4.63. The van der Waals surface area contributed by atoms with E-state index in [1.165, 1.54) is 6.07 Å². The van der Waals surface area contributed by atoms with Crippen LogP contribution in [0.25, 0.3) is 16.9 Å². The summed E-state index contributed by atoms with van der Waals surface area (Å²) in [7, 11) is -3.94. The molecular formula is C20H19N7O3S. The topological polar surface area (TPSA) is 159 Å². The van der Waals surface area contributed by atoms with Crippen molar-refractivity contribution in [2.45, 2.75) is 18.4 Å². The van der Waals surface area contributed by atoms with Gasteiger partial charge >= 0.3 is 0 Å². The predicted molar refractivity (Wildman–Crippen MR) is 115 cm³/mol. The highest BCUT2D eigenvalue weighted by Crippen LogP contribution is 2.28. The molecule has 0 aliphatic rings. The molecule has 2 heterocycles. The number of nitrogens with two attached hydrogens (primary N) is 2. The number of primary amides is 1. The van der Waals surface area contributed by atoms with Crippen LogP contribution in [0.2, 0.25) is 0 Å². The number of carbonyl (C=O) groups excluding carboxylic acids is 1. The highest BCUT2D eigenvalue weighted by Gasteiger charge is 2.20. The Bertz CT molecular complexity index is 1400. The largest absolute Gasteiger partial charge is 0.363 e. The summed E-state index contributed by atoms with van der Waals surface area (Å²) >= 11 is 0. The molecule has 0 saturated carbocycles. The van der Waals surface area contributed by atoms with E-state index in [1.54, 1.807) is 29.7 Å². The first kappa shape index (κ1) is 20.4. The SMILES string of the molecule is Cc1cc2c(S(N)(=O)=O)cccc2n1-c1nc(NCc2ccccc2)nc(C(N)=O)n1. The number of aryl methyl sites for hydroxylation is 1. The highest BCUT2D eigenvalue weighted by atomic mass is 32.2. The fraction of sp³-hybridized carbons (Fsp3) is 0.100. The first-order valence-electron chi connectivity index (χ1n) is 9.22. The van der Waals surface area contributed by atoms with Crippen molar-refractivity contribution in [1.29, 1.82) is 0 Å². The molecule has 0 aliphatic heterocycles. The van der Waals surface area contributed by atoms with E-state index in [2.05, 4.69) is 20.3 Å². The molecule has 2 aromatic carbocycles. The molecule has 31 heavy (non-hydrogen) atoms. The lowest BCUT2D eigenvalue weighted by Gasteiger charge is -2.11. The van der Waals surface area contributed by atoms with Gasteiger partial charge in [-0.15, -0.1) is 0 Å². The zero-order chi connectivity index (χ0) is 22.2. The Hall–Kier alpha value is -3.83. The van der Waals surface area contributed by atoms with Gasteiger partial charge in [0.2, 0.25) is 27.7 Å². The van der Waals surface area contributed by atoms with E-state index in [0.29, 0.717) is 23.1 Å². The number of benzene rings is 2. The normalized spacial score (nSPS) is 11.5. The van der Waals surface area contributed by atoms with E-state index < -0.39 is 15.9 Å². The number of fused-ring (bicyclic) bond motifs is 1. The fourth-order valence-electron chi connectivity index (χ4n) is 3.28. The van der Waals surface area contributed by atoms with Gasteiger partial charge in [-0.25, -0.2) is 13.6 Å². The molecular weight excluding hydrogens is 418 g/mol. The maximum atomic E-state index is 12.0. The predicted octanol–water partition coefficient (Wildman–Crippen LogP) is 1.48. The van der Waals surface area contributed by atoms with Crippen molar-refractivity contribution in [3.8, 4) is 5.95 Å². The van der Waals surface area contributed by atoms with Crippen LogP contribution in [0.5, 0.6) is 0 Å². The van der Waals surface area contributed by atoms with E-state index >= 15 is 0 Å². The van der Waals surface area contributed by atoms with Crippen LogP contribution in [-0.2, 0) is 16.6 Å². The number of nitrogens with one attached hydrogen (secondary N) is 1. The Kier molecular flexibility index (Phi) is 5.13. The van der Waals surface area contributed by atoms with E-state index in [0.717, 1.165) is 5.56 Å². The van der Waals surface area contributed by atoms with E-state index in [-0.39, 0.29) is 22.6 Å². The van der Waals surface area contributed by atoms with Crippen LogP contribution in [0.1, 0.15) is 21.9 Å². The maximum Gasteiger partial charge on any atom is 0.286 e. The molecule has 0 radical (unpaired) electrons. The molecule has 2 aromatic heterocycles. The number of amides is 1. The fourth-order valence-corrected chi connectivity index (χ4v) is 4.02. The van der Waals surface area contributed by atoms with Crippen molar-refractivity contribution in [2.75, 3.05) is 5.32 Å². The Morgan fingerprint density at radius 2 is 1.81 bits per heavy atom. The molecule has 11 heteroatoms. The van der Waals surface area contributed by atoms with Crippen molar-refractivity contribution < 1.29 is 13.2 Å². The van der Waals surface area contributed by atoms with E-state index in [4.69, 9.17) is 10.9 Å². The standard InChI is InChI=1S/C20H19N7O3S/c1-12-10-14-15(8-5-9-16(14)31(22,29)30)27(12)20-25-18(17(21)28)24-19(26-20)23-11-13-6-3-2-4-7-13/h2-10H,11H2,1H3,(H2,21,28)(H2,22,29,30)(H,23,24,25,26). The summed E-state index contributed by atoms with van der Waals surface area (Å²) < 4.78 is 25.6. The van der Waals surface area contributed by atoms with Crippen molar-refractivity contribution in [1.82, 2.24) is 19.5 Å². The Morgan fingerprint density at radius 3 is 2.48 bits per heavy atom. The number of hydrogen-bond acceptors (Lipinski definition) is 7. The van der Waals surface area contributed by atoms with Crippen LogP contribution in [0, 0.1) is 6.92 Å². The van der Waals surface area contributed by atoms with E-state index in [1.807, 2.05) is 30.3 Å². The number of carbonyl (C=O) groups is 1. The third-order valence-corrected chi connectivity index (χ3v) is 5.60. The molecule has 4 aromatic rings. The molecule has 158 valence electrons. The molecule has 0 saturated heterocycles. The lowest BCUT2D eigenvalue weighted by Crippen LogP contribution is -2.20. The Balaban J connectivity index is 1.84. The van der Waals surface area contributed by atoms with Crippen LogP contribution < -0.4 is 16.2 Å². The second kappa shape index (κ2) is 7.78. The average Bonchev–Trinajstić information content (AvgIpc) is 3.07. The Labute approximate surface area is 178 Å². The minimum atomic E-state index is -3.94. The molecule has 5 N–H and O–H groups in total. The van der Waals surface area contributed by atoms with Gasteiger partial charge < -0.3 is 11.1 Å². The van der Waals surface area contributed by atoms with Crippen LogP contribution in [-0.4, -0.2) is 33.8 Å². The monoisotopic (exact) mass is 437 g/mol. The van der Waals surface area contributed by atoms with Crippen LogP contribution >= 0.6 is 0 Å². The summed E-state index contributed by atoms with van der Waals surface area (Å²) in [6, 6.07) is 16.0. The van der Waals surface area contributed by atoms with Gasteiger partial charge in [0.15, 0.2) is 0 Å². The molecule has 0 aliphatic carbocycles. The molecule has 0 fully saturated rings. The second-order valence-electron chi connectivity index (χ2n) is 6.84. The van der Waals surface area contributed by atoms with Gasteiger partial charge in [-0.1, -0.05) is 36.4 Å². The number of sulfonamides is 1. The number of aromatic nitrogens is 4. The van der Waals surface area contributed by atoms with Crippen LogP contribution in [0.3, 0.4) is 0 Å². The number of hydrogen-bond donors (Lipinski definition) is 3. The van der Waals surface area contributed by atoms with Crippen LogP contribution in [0.4, 0.5) is 5.95 Å². The first-order valence-corrected chi connectivity index (χ1v) is 10.8. The smallest absolute Gasteiger partial charge is 0.286 e. The van der Waals surface area contributed by atoms with Gasteiger partial charge in [-0.2, -0.15) is 15.0 Å². The molecule has 0 atom stereocenters. The van der Waals surface area contributed by atoms with Gasteiger partial charge in [0.1, 0.15) is 0 Å². The third kappa shape index (κ3) is 4.09. The number of anilines is 1. The zero-order valence-corrected chi connectivity index (χ0v) is 17.3. The highest BCUT2D eigenvalue weighted by molar-refractivity contribution is 7.89. The summed E-state index contributed by atoms with van der Waals surface area (Å²) in [6.45, 7) is 2.18. The van der Waals surface area contributed by atoms with Crippen LogP contribution in [0.15, 0.2) is 59.5 Å². The van der Waals surface area contributed by atoms with Crippen molar-refractivity contribution >= 4 is 32.8 Å². The zero-order valence-electron chi connectivity index (χ0n) is 16.5. The van der Waals surface area contributed by atoms with Gasteiger partial charge in [-0.05, 0) is 30.7 Å². The number of rotatable bonds is 6. The maximum absolute atomic E-state index is 12.0. The number of primary sulfonamides is 1. The summed E-state index contributed by atoms with van der Waals surface area (Å²) in [5.41, 5.74) is 7.56.